The normalized spacial score (nSPS) is 12.4. The molecule has 0 amide bonds. The zero-order valence-corrected chi connectivity index (χ0v) is 12.8. The summed E-state index contributed by atoms with van der Waals surface area (Å²) < 4.78 is 26.0. The number of halogens is 2. The van der Waals surface area contributed by atoms with E-state index in [2.05, 4.69) is 4.98 Å². The molecule has 0 atom stereocenters. The summed E-state index contributed by atoms with van der Waals surface area (Å²) in [6, 6.07) is 1.29. The summed E-state index contributed by atoms with van der Waals surface area (Å²) in [5.41, 5.74) is 0. The Labute approximate surface area is 118 Å². The lowest BCUT2D eigenvalue weighted by molar-refractivity contribution is 0.349. The van der Waals surface area contributed by atoms with E-state index in [-0.39, 0.29) is 21.1 Å². The van der Waals surface area contributed by atoms with Gasteiger partial charge in [-0.05, 0) is 18.9 Å². The first-order valence-corrected chi connectivity index (χ1v) is 7.83. The number of rotatable bonds is 5. The maximum Gasteiger partial charge on any atom is 0.244 e. The highest BCUT2D eigenvalue weighted by molar-refractivity contribution is 7.89. The smallest absolute Gasteiger partial charge is 0.242 e. The van der Waals surface area contributed by atoms with Crippen LogP contribution in [0.1, 0.15) is 26.7 Å². The number of pyridine rings is 1. The molecule has 0 saturated heterocycles. The van der Waals surface area contributed by atoms with Crippen molar-refractivity contribution in [1.29, 1.82) is 0 Å². The predicted molar refractivity (Wildman–Crippen MR) is 73.6 cm³/mol. The molecule has 0 aliphatic rings. The Hall–Kier alpha value is -0.360. The molecule has 18 heavy (non-hydrogen) atoms. The van der Waals surface area contributed by atoms with Crippen LogP contribution < -0.4 is 0 Å². The molecule has 0 fully saturated rings. The topological polar surface area (TPSA) is 50.3 Å². The van der Waals surface area contributed by atoms with Gasteiger partial charge in [0.1, 0.15) is 10.0 Å². The van der Waals surface area contributed by atoms with Crippen molar-refractivity contribution in [2.75, 3.05) is 7.05 Å². The van der Waals surface area contributed by atoms with Crippen LogP contribution in [-0.4, -0.2) is 30.8 Å². The van der Waals surface area contributed by atoms with E-state index in [0.29, 0.717) is 0 Å². The minimum absolute atomic E-state index is 0.0375. The van der Waals surface area contributed by atoms with E-state index < -0.39 is 10.0 Å². The molecule has 102 valence electrons. The molecular weight excluding hydrogens is 295 g/mol. The second-order valence-corrected chi connectivity index (χ2v) is 6.70. The maximum absolute atomic E-state index is 12.3. The minimum atomic E-state index is -3.57. The summed E-state index contributed by atoms with van der Waals surface area (Å²) in [5, 5.41) is 0.233. The number of hydrogen-bond donors (Lipinski definition) is 0. The molecule has 0 aliphatic carbocycles. The molecule has 1 heterocycles. The highest BCUT2D eigenvalue weighted by Gasteiger charge is 2.26. The van der Waals surface area contributed by atoms with E-state index in [0.717, 1.165) is 12.8 Å². The molecule has 1 aromatic rings. The molecule has 0 bridgehead atoms. The fourth-order valence-electron chi connectivity index (χ4n) is 1.71. The Kier molecular flexibility index (Phi) is 5.40. The van der Waals surface area contributed by atoms with Crippen LogP contribution in [-0.2, 0) is 10.0 Å². The molecule has 1 aromatic heterocycles. The highest BCUT2D eigenvalue weighted by Crippen LogP contribution is 2.25. The number of hydrogen-bond acceptors (Lipinski definition) is 3. The zero-order valence-electron chi connectivity index (χ0n) is 10.5. The van der Waals surface area contributed by atoms with Crippen LogP contribution in [0.25, 0.3) is 0 Å². The second-order valence-electron chi connectivity index (χ2n) is 3.94. The van der Waals surface area contributed by atoms with Crippen molar-refractivity contribution in [3.63, 3.8) is 0 Å². The van der Waals surface area contributed by atoms with Gasteiger partial charge >= 0.3 is 0 Å². The third kappa shape index (κ3) is 3.15. The molecule has 0 unspecified atom stereocenters. The second kappa shape index (κ2) is 6.19. The van der Waals surface area contributed by atoms with Crippen LogP contribution in [0.4, 0.5) is 0 Å². The van der Waals surface area contributed by atoms with Crippen molar-refractivity contribution in [1.82, 2.24) is 9.29 Å². The Morgan fingerprint density at radius 2 is 1.89 bits per heavy atom. The van der Waals surface area contributed by atoms with Gasteiger partial charge in [0.25, 0.3) is 0 Å². The SMILES string of the molecule is CCC(CC)N(C)S(=O)(=O)c1cnc(Cl)c(Cl)c1. The molecule has 4 nitrogen and oxygen atoms in total. The lowest BCUT2D eigenvalue weighted by Crippen LogP contribution is -2.36. The van der Waals surface area contributed by atoms with Crippen LogP contribution >= 0.6 is 23.2 Å². The van der Waals surface area contributed by atoms with Crippen molar-refractivity contribution in [2.24, 2.45) is 0 Å². The van der Waals surface area contributed by atoms with Crippen molar-refractivity contribution in [3.05, 3.63) is 22.4 Å². The van der Waals surface area contributed by atoms with E-state index in [4.69, 9.17) is 23.2 Å². The van der Waals surface area contributed by atoms with Gasteiger partial charge in [-0.2, -0.15) is 4.31 Å². The van der Waals surface area contributed by atoms with Crippen molar-refractivity contribution in [3.8, 4) is 0 Å². The molecule has 0 spiro atoms. The monoisotopic (exact) mass is 310 g/mol. The van der Waals surface area contributed by atoms with Gasteiger partial charge in [0.15, 0.2) is 0 Å². The van der Waals surface area contributed by atoms with E-state index in [1.54, 1.807) is 7.05 Å². The van der Waals surface area contributed by atoms with E-state index in [1.165, 1.54) is 16.6 Å². The van der Waals surface area contributed by atoms with Crippen LogP contribution in [0.3, 0.4) is 0 Å². The standard InChI is InChI=1S/C11H16Cl2N2O2S/c1-4-8(5-2)15(3)18(16,17)9-6-10(12)11(13)14-7-9/h6-8H,4-5H2,1-3H3. The van der Waals surface area contributed by atoms with Gasteiger partial charge in [0.2, 0.25) is 10.0 Å². The van der Waals surface area contributed by atoms with Gasteiger partial charge in [-0.25, -0.2) is 13.4 Å². The fraction of sp³-hybridized carbons (Fsp3) is 0.545. The molecular formula is C11H16Cl2N2O2S. The summed E-state index contributed by atoms with van der Waals surface area (Å²) in [4.78, 5) is 3.83. The van der Waals surface area contributed by atoms with Crippen molar-refractivity contribution < 1.29 is 8.42 Å². The lowest BCUT2D eigenvalue weighted by Gasteiger charge is -2.25. The Bertz CT molecular complexity index is 516. The Morgan fingerprint density at radius 3 is 2.33 bits per heavy atom. The maximum atomic E-state index is 12.3. The van der Waals surface area contributed by atoms with Gasteiger partial charge < -0.3 is 0 Å². The largest absolute Gasteiger partial charge is 0.244 e. The van der Waals surface area contributed by atoms with E-state index in [1.807, 2.05) is 13.8 Å². The molecule has 0 saturated carbocycles. The first kappa shape index (κ1) is 15.7. The van der Waals surface area contributed by atoms with Crippen LogP contribution in [0.2, 0.25) is 10.2 Å². The van der Waals surface area contributed by atoms with Gasteiger partial charge in [0.05, 0.1) is 5.02 Å². The molecule has 1 rings (SSSR count). The van der Waals surface area contributed by atoms with Crippen LogP contribution in [0.5, 0.6) is 0 Å². The molecule has 0 aromatic carbocycles. The van der Waals surface area contributed by atoms with Gasteiger partial charge in [-0.15, -0.1) is 0 Å². The Balaban J connectivity index is 3.16. The van der Waals surface area contributed by atoms with Crippen LogP contribution in [0.15, 0.2) is 17.2 Å². The third-order valence-electron chi connectivity index (χ3n) is 2.90. The summed E-state index contributed by atoms with van der Waals surface area (Å²) in [5.74, 6) is 0. The van der Waals surface area contributed by atoms with Crippen LogP contribution in [0, 0.1) is 0 Å². The van der Waals surface area contributed by atoms with Gasteiger partial charge in [-0.1, -0.05) is 37.0 Å². The average Bonchev–Trinajstić information content (AvgIpc) is 2.33. The predicted octanol–water partition coefficient (Wildman–Crippen LogP) is 3.20. The first-order chi connectivity index (χ1) is 8.34. The molecule has 7 heteroatoms. The number of aromatic nitrogens is 1. The summed E-state index contributed by atoms with van der Waals surface area (Å²) >= 11 is 11.5. The first-order valence-electron chi connectivity index (χ1n) is 5.63. The molecule has 0 aliphatic heterocycles. The molecule has 0 N–H and O–H groups in total. The van der Waals surface area contributed by atoms with Crippen molar-refractivity contribution >= 4 is 33.2 Å². The summed E-state index contributed by atoms with van der Waals surface area (Å²) in [6.45, 7) is 3.90. The summed E-state index contributed by atoms with van der Waals surface area (Å²) in [7, 11) is -2.01. The number of sulfonamides is 1. The molecule has 0 radical (unpaired) electrons. The van der Waals surface area contributed by atoms with Gasteiger partial charge in [-0.3, -0.25) is 0 Å². The van der Waals surface area contributed by atoms with Crippen molar-refractivity contribution in [2.45, 2.75) is 37.6 Å². The van der Waals surface area contributed by atoms with Gasteiger partial charge in [0, 0.05) is 19.3 Å². The lowest BCUT2D eigenvalue weighted by atomic mass is 10.2. The quantitative estimate of drug-likeness (QED) is 0.785. The van der Waals surface area contributed by atoms with E-state index >= 15 is 0 Å². The zero-order chi connectivity index (χ0) is 13.9. The fourth-order valence-corrected chi connectivity index (χ4v) is 3.52. The minimum Gasteiger partial charge on any atom is -0.242 e. The Morgan fingerprint density at radius 1 is 1.33 bits per heavy atom. The summed E-state index contributed by atoms with van der Waals surface area (Å²) in [6.07, 6.45) is 2.73. The number of nitrogens with zero attached hydrogens (tertiary/aromatic N) is 2. The highest BCUT2D eigenvalue weighted by atomic mass is 35.5. The average molecular weight is 311 g/mol. The third-order valence-corrected chi connectivity index (χ3v) is 5.47. The van der Waals surface area contributed by atoms with E-state index in [9.17, 15) is 8.42 Å².